The van der Waals surface area contributed by atoms with Crippen LogP contribution >= 0.6 is 11.3 Å². The molecule has 0 fully saturated rings. The fourth-order valence-electron chi connectivity index (χ4n) is 1.69. The van der Waals surface area contributed by atoms with Crippen molar-refractivity contribution < 1.29 is 9.53 Å². The second-order valence-corrected chi connectivity index (χ2v) is 5.72. The molecule has 0 aliphatic heterocycles. The molecule has 4 nitrogen and oxygen atoms in total. The number of carbonyl (C=O) groups is 1. The number of hydrogen-bond acceptors (Lipinski definition) is 4. The molecule has 2 aromatic rings. The van der Waals surface area contributed by atoms with E-state index in [-0.39, 0.29) is 5.91 Å². The van der Waals surface area contributed by atoms with Crippen molar-refractivity contribution in [1.82, 2.24) is 4.98 Å². The molecule has 1 amide bonds. The largest absolute Gasteiger partial charge is 0.493 e. The molecular weight excluding hydrogens is 284 g/mol. The van der Waals surface area contributed by atoms with E-state index < -0.39 is 0 Å². The SMILES string of the molecule is CCCOc1ccccc1/C=C/C(=O)Nc1ncc(C)s1. The van der Waals surface area contributed by atoms with Gasteiger partial charge in [-0.3, -0.25) is 10.1 Å². The summed E-state index contributed by atoms with van der Waals surface area (Å²) < 4.78 is 5.65. The average molecular weight is 302 g/mol. The number of para-hydroxylation sites is 1. The van der Waals surface area contributed by atoms with E-state index in [4.69, 9.17) is 4.74 Å². The Kier molecular flexibility index (Phi) is 5.51. The van der Waals surface area contributed by atoms with Crippen LogP contribution in [0.15, 0.2) is 36.5 Å². The van der Waals surface area contributed by atoms with Crippen molar-refractivity contribution in [2.75, 3.05) is 11.9 Å². The molecular formula is C16H18N2O2S. The van der Waals surface area contributed by atoms with Gasteiger partial charge in [-0.15, -0.1) is 11.3 Å². The summed E-state index contributed by atoms with van der Waals surface area (Å²) in [6.45, 7) is 4.67. The molecule has 0 radical (unpaired) electrons. The lowest BCUT2D eigenvalue weighted by Gasteiger charge is -2.07. The molecule has 1 aromatic carbocycles. The number of anilines is 1. The van der Waals surface area contributed by atoms with Crippen LogP contribution in [0.5, 0.6) is 5.75 Å². The first-order valence-corrected chi connectivity index (χ1v) is 7.64. The molecule has 0 spiro atoms. The minimum atomic E-state index is -0.199. The van der Waals surface area contributed by atoms with Crippen molar-refractivity contribution in [2.24, 2.45) is 0 Å². The van der Waals surface area contributed by atoms with Gasteiger partial charge in [0, 0.05) is 22.7 Å². The molecule has 0 saturated carbocycles. The summed E-state index contributed by atoms with van der Waals surface area (Å²) in [7, 11) is 0. The molecule has 0 saturated heterocycles. The third kappa shape index (κ3) is 4.72. The highest BCUT2D eigenvalue weighted by Crippen LogP contribution is 2.20. The molecule has 1 aromatic heterocycles. The van der Waals surface area contributed by atoms with E-state index in [0.29, 0.717) is 11.7 Å². The van der Waals surface area contributed by atoms with Gasteiger partial charge >= 0.3 is 0 Å². The average Bonchev–Trinajstić information content (AvgIpc) is 2.89. The number of benzene rings is 1. The summed E-state index contributed by atoms with van der Waals surface area (Å²) in [5.74, 6) is 0.586. The molecule has 0 aliphatic rings. The molecule has 0 bridgehead atoms. The Morgan fingerprint density at radius 2 is 2.24 bits per heavy atom. The summed E-state index contributed by atoms with van der Waals surface area (Å²) in [6.07, 6.45) is 5.92. The van der Waals surface area contributed by atoms with Gasteiger partial charge in [0.15, 0.2) is 5.13 Å². The summed E-state index contributed by atoms with van der Waals surface area (Å²) in [4.78, 5) is 17.0. The molecule has 0 unspecified atom stereocenters. The zero-order valence-corrected chi connectivity index (χ0v) is 12.9. The maximum absolute atomic E-state index is 11.8. The maximum atomic E-state index is 11.8. The van der Waals surface area contributed by atoms with E-state index >= 15 is 0 Å². The number of thiazole rings is 1. The Bertz CT molecular complexity index is 635. The van der Waals surface area contributed by atoms with Crippen LogP contribution in [-0.4, -0.2) is 17.5 Å². The molecule has 0 atom stereocenters. The number of nitrogens with zero attached hydrogens (tertiary/aromatic N) is 1. The van der Waals surface area contributed by atoms with E-state index in [0.717, 1.165) is 22.6 Å². The van der Waals surface area contributed by atoms with E-state index in [2.05, 4.69) is 17.2 Å². The van der Waals surface area contributed by atoms with Crippen molar-refractivity contribution in [3.63, 3.8) is 0 Å². The van der Waals surface area contributed by atoms with Gasteiger partial charge in [0.25, 0.3) is 0 Å². The Morgan fingerprint density at radius 3 is 2.95 bits per heavy atom. The summed E-state index contributed by atoms with van der Waals surface area (Å²) in [6, 6.07) is 7.65. The molecule has 1 heterocycles. The number of aryl methyl sites for hydroxylation is 1. The molecule has 2 rings (SSSR count). The van der Waals surface area contributed by atoms with Crippen LogP contribution in [-0.2, 0) is 4.79 Å². The van der Waals surface area contributed by atoms with Crippen LogP contribution in [0.25, 0.3) is 6.08 Å². The second-order valence-electron chi connectivity index (χ2n) is 4.48. The minimum absolute atomic E-state index is 0.199. The zero-order chi connectivity index (χ0) is 15.1. The van der Waals surface area contributed by atoms with Crippen LogP contribution in [0.2, 0.25) is 0 Å². The molecule has 5 heteroatoms. The van der Waals surface area contributed by atoms with Gasteiger partial charge in [0.05, 0.1) is 6.61 Å². The first kappa shape index (κ1) is 15.3. The standard InChI is InChI=1S/C16H18N2O2S/c1-3-10-20-14-7-5-4-6-13(14)8-9-15(19)18-16-17-11-12(2)21-16/h4-9,11H,3,10H2,1-2H3,(H,17,18,19)/b9-8+. The van der Waals surface area contributed by atoms with Crippen molar-refractivity contribution in [3.05, 3.63) is 47.0 Å². The summed E-state index contributed by atoms with van der Waals surface area (Å²) in [5, 5.41) is 3.35. The lowest BCUT2D eigenvalue weighted by Crippen LogP contribution is -2.07. The van der Waals surface area contributed by atoms with Gasteiger partial charge in [-0.05, 0) is 25.5 Å². The first-order valence-electron chi connectivity index (χ1n) is 6.82. The summed E-state index contributed by atoms with van der Waals surface area (Å²) >= 11 is 1.45. The Hall–Kier alpha value is -2.14. The molecule has 110 valence electrons. The second kappa shape index (κ2) is 7.59. The van der Waals surface area contributed by atoms with Gasteiger partial charge < -0.3 is 4.74 Å². The van der Waals surface area contributed by atoms with Crippen molar-refractivity contribution >= 4 is 28.5 Å². The highest BCUT2D eigenvalue weighted by molar-refractivity contribution is 7.15. The van der Waals surface area contributed by atoms with Gasteiger partial charge in [-0.1, -0.05) is 25.1 Å². The van der Waals surface area contributed by atoms with Crippen LogP contribution in [0.3, 0.4) is 0 Å². The third-order valence-corrected chi connectivity index (χ3v) is 3.47. The fourth-order valence-corrected chi connectivity index (χ4v) is 2.35. The number of aromatic nitrogens is 1. The smallest absolute Gasteiger partial charge is 0.250 e. The van der Waals surface area contributed by atoms with Crippen LogP contribution in [0, 0.1) is 6.92 Å². The highest BCUT2D eigenvalue weighted by atomic mass is 32.1. The number of nitrogens with one attached hydrogen (secondary N) is 1. The van der Waals surface area contributed by atoms with Gasteiger partial charge in [0.2, 0.25) is 5.91 Å². The maximum Gasteiger partial charge on any atom is 0.250 e. The Morgan fingerprint density at radius 1 is 1.43 bits per heavy atom. The van der Waals surface area contributed by atoms with Crippen molar-refractivity contribution in [1.29, 1.82) is 0 Å². The lowest BCUT2D eigenvalue weighted by molar-refractivity contribution is -0.111. The number of amides is 1. The van der Waals surface area contributed by atoms with Gasteiger partial charge in [-0.25, -0.2) is 4.98 Å². The predicted octanol–water partition coefficient (Wildman–Crippen LogP) is 3.89. The lowest BCUT2D eigenvalue weighted by atomic mass is 10.2. The van der Waals surface area contributed by atoms with Crippen molar-refractivity contribution in [3.8, 4) is 5.75 Å². The van der Waals surface area contributed by atoms with Gasteiger partial charge in [0.1, 0.15) is 5.75 Å². The van der Waals surface area contributed by atoms with E-state index in [1.807, 2.05) is 31.2 Å². The first-order chi connectivity index (χ1) is 10.2. The van der Waals surface area contributed by atoms with Crippen LogP contribution < -0.4 is 10.1 Å². The number of hydrogen-bond donors (Lipinski definition) is 1. The summed E-state index contributed by atoms with van der Waals surface area (Å²) in [5.41, 5.74) is 0.886. The molecule has 0 aliphatic carbocycles. The quantitative estimate of drug-likeness (QED) is 0.824. The number of ether oxygens (including phenoxy) is 1. The molecule has 1 N–H and O–H groups in total. The Balaban J connectivity index is 2.01. The topological polar surface area (TPSA) is 51.2 Å². The fraction of sp³-hybridized carbons (Fsp3) is 0.250. The van der Waals surface area contributed by atoms with Crippen LogP contribution in [0.1, 0.15) is 23.8 Å². The minimum Gasteiger partial charge on any atom is -0.493 e. The predicted molar refractivity (Wildman–Crippen MR) is 86.7 cm³/mol. The highest BCUT2D eigenvalue weighted by Gasteiger charge is 2.03. The van der Waals surface area contributed by atoms with E-state index in [1.165, 1.54) is 17.4 Å². The van der Waals surface area contributed by atoms with Gasteiger partial charge in [-0.2, -0.15) is 0 Å². The Labute approximate surface area is 128 Å². The zero-order valence-electron chi connectivity index (χ0n) is 12.1. The third-order valence-electron chi connectivity index (χ3n) is 2.65. The van der Waals surface area contributed by atoms with Crippen molar-refractivity contribution in [2.45, 2.75) is 20.3 Å². The molecule has 21 heavy (non-hydrogen) atoms. The normalized spacial score (nSPS) is 10.8. The number of carbonyl (C=O) groups excluding carboxylic acids is 1. The van der Waals surface area contributed by atoms with Crippen LogP contribution in [0.4, 0.5) is 5.13 Å². The number of rotatable bonds is 6. The monoisotopic (exact) mass is 302 g/mol. The van der Waals surface area contributed by atoms with E-state index in [9.17, 15) is 4.79 Å². The van der Waals surface area contributed by atoms with E-state index in [1.54, 1.807) is 12.3 Å².